The Morgan fingerprint density at radius 3 is 2.50 bits per heavy atom. The van der Waals surface area contributed by atoms with Crippen LogP contribution in [0.4, 0.5) is 0 Å². The van der Waals surface area contributed by atoms with Crippen LogP contribution in [0.5, 0.6) is 5.75 Å². The number of ether oxygens (including phenoxy) is 1. The van der Waals surface area contributed by atoms with Crippen LogP contribution in [0.15, 0.2) is 42.5 Å². The molecule has 0 N–H and O–H groups in total. The van der Waals surface area contributed by atoms with Gasteiger partial charge in [-0.05, 0) is 93.1 Å². The van der Waals surface area contributed by atoms with E-state index < -0.39 is 0 Å². The molecular weight excluding hydrogens is 468 g/mol. The summed E-state index contributed by atoms with van der Waals surface area (Å²) >= 11 is 6.08. The highest BCUT2D eigenvalue weighted by Gasteiger charge is 2.27. The number of hydrogen-bond acceptors (Lipinski definition) is 3. The van der Waals surface area contributed by atoms with E-state index in [1.807, 2.05) is 28.8 Å². The van der Waals surface area contributed by atoms with Gasteiger partial charge >= 0.3 is 0 Å². The lowest BCUT2D eigenvalue weighted by molar-refractivity contribution is 0.0962. The lowest BCUT2D eigenvalue weighted by atomic mass is 9.82. The van der Waals surface area contributed by atoms with Crippen molar-refractivity contribution in [2.75, 3.05) is 20.2 Å². The van der Waals surface area contributed by atoms with E-state index in [0.717, 1.165) is 41.2 Å². The maximum absolute atomic E-state index is 13.6. The summed E-state index contributed by atoms with van der Waals surface area (Å²) in [6.45, 7) is 4.33. The number of benzene rings is 2. The smallest absolute Gasteiger partial charge is 0.262 e. The lowest BCUT2D eigenvalue weighted by Gasteiger charge is -2.38. The number of halogens is 1. The second-order valence-electron chi connectivity index (χ2n) is 10.8. The molecule has 1 unspecified atom stereocenters. The van der Waals surface area contributed by atoms with Crippen molar-refractivity contribution in [3.8, 4) is 5.75 Å². The largest absolute Gasteiger partial charge is 0.497 e. The quantitative estimate of drug-likeness (QED) is 0.329. The first kappa shape index (κ1) is 25.4. The highest BCUT2D eigenvalue weighted by molar-refractivity contribution is 6.30. The first-order valence-corrected chi connectivity index (χ1v) is 14.1. The Kier molecular flexibility index (Phi) is 8.03. The summed E-state index contributed by atoms with van der Waals surface area (Å²) in [5.41, 5.74) is 3.87. The molecule has 5 heteroatoms. The summed E-state index contributed by atoms with van der Waals surface area (Å²) in [7, 11) is 1.70. The minimum absolute atomic E-state index is 0.0151. The number of nitrogens with zero attached hydrogens (tertiary/aromatic N) is 2. The van der Waals surface area contributed by atoms with Gasteiger partial charge in [0.25, 0.3) is 5.91 Å². The minimum atomic E-state index is -0.0151. The van der Waals surface area contributed by atoms with Crippen molar-refractivity contribution in [3.63, 3.8) is 0 Å². The third-order valence-corrected chi connectivity index (χ3v) is 8.82. The van der Waals surface area contributed by atoms with Crippen molar-refractivity contribution in [1.29, 1.82) is 0 Å². The summed E-state index contributed by atoms with van der Waals surface area (Å²) in [6, 6.07) is 13.9. The second-order valence-corrected chi connectivity index (χ2v) is 11.2. The van der Waals surface area contributed by atoms with Gasteiger partial charge in [-0.15, -0.1) is 0 Å². The van der Waals surface area contributed by atoms with Gasteiger partial charge in [-0.2, -0.15) is 0 Å². The molecule has 2 fully saturated rings. The van der Waals surface area contributed by atoms with Crippen LogP contribution in [0.25, 0.3) is 10.9 Å². The molecule has 1 aromatic heterocycles. The molecule has 1 saturated heterocycles. The number of carbonyl (C=O) groups excluding carboxylic acids is 1. The van der Waals surface area contributed by atoms with Crippen molar-refractivity contribution in [2.24, 2.45) is 5.92 Å². The molecule has 4 nitrogen and oxygen atoms in total. The van der Waals surface area contributed by atoms with Gasteiger partial charge < -0.3 is 9.64 Å². The maximum Gasteiger partial charge on any atom is 0.262 e. The fourth-order valence-electron chi connectivity index (χ4n) is 6.57. The Morgan fingerprint density at radius 2 is 1.75 bits per heavy atom. The molecule has 2 heterocycles. The third-order valence-electron chi connectivity index (χ3n) is 8.56. The molecule has 0 spiro atoms. The van der Waals surface area contributed by atoms with Gasteiger partial charge in [0.2, 0.25) is 0 Å². The van der Waals surface area contributed by atoms with E-state index in [-0.39, 0.29) is 5.91 Å². The van der Waals surface area contributed by atoms with Gasteiger partial charge in [0.15, 0.2) is 0 Å². The topological polar surface area (TPSA) is 34.5 Å². The van der Waals surface area contributed by atoms with E-state index in [2.05, 4.69) is 17.9 Å². The molecule has 0 radical (unpaired) electrons. The van der Waals surface area contributed by atoms with Crippen molar-refractivity contribution in [2.45, 2.75) is 77.2 Å². The fraction of sp³-hybridized carbons (Fsp3) is 0.516. The van der Waals surface area contributed by atoms with Crippen LogP contribution in [0, 0.1) is 12.8 Å². The summed E-state index contributed by atoms with van der Waals surface area (Å²) in [4.78, 5) is 16.4. The number of rotatable bonds is 7. The number of carbonyl (C=O) groups is 1. The highest BCUT2D eigenvalue weighted by Crippen LogP contribution is 2.34. The van der Waals surface area contributed by atoms with Crippen LogP contribution in [0.3, 0.4) is 0 Å². The standard InChI is InChI=1S/C31H39ClN2O2/c1-22-28(17-19-33-18-7-6-10-26(33)20-23-8-4-3-5-9-23)29-21-27(36-2)15-16-30(29)34(22)31(35)24-11-13-25(32)14-12-24/h11-16,21,23,26H,3-10,17-20H2,1-2H3. The Labute approximate surface area is 220 Å². The molecule has 0 amide bonds. The summed E-state index contributed by atoms with van der Waals surface area (Å²) < 4.78 is 7.44. The number of piperidine rings is 1. The van der Waals surface area contributed by atoms with Crippen molar-refractivity contribution < 1.29 is 9.53 Å². The van der Waals surface area contributed by atoms with Crippen LogP contribution in [-0.2, 0) is 6.42 Å². The Morgan fingerprint density at radius 1 is 1.00 bits per heavy atom. The van der Waals surface area contributed by atoms with Crippen LogP contribution in [0.2, 0.25) is 5.02 Å². The molecule has 2 aliphatic rings. The Bertz CT molecular complexity index is 1190. The van der Waals surface area contributed by atoms with Gasteiger partial charge in [0.1, 0.15) is 5.75 Å². The molecule has 36 heavy (non-hydrogen) atoms. The number of fused-ring (bicyclic) bond motifs is 1. The second kappa shape index (κ2) is 11.4. The number of hydrogen-bond donors (Lipinski definition) is 0. The van der Waals surface area contributed by atoms with Crippen LogP contribution in [0.1, 0.15) is 79.4 Å². The van der Waals surface area contributed by atoms with E-state index in [9.17, 15) is 4.79 Å². The third kappa shape index (κ3) is 5.35. The van der Waals surface area contributed by atoms with Gasteiger partial charge in [-0.3, -0.25) is 9.36 Å². The van der Waals surface area contributed by atoms with Crippen LogP contribution in [-0.4, -0.2) is 41.6 Å². The van der Waals surface area contributed by atoms with E-state index in [1.165, 1.54) is 69.9 Å². The predicted molar refractivity (Wildman–Crippen MR) is 149 cm³/mol. The first-order chi connectivity index (χ1) is 17.5. The average molecular weight is 507 g/mol. The maximum atomic E-state index is 13.6. The van der Waals surface area contributed by atoms with Crippen molar-refractivity contribution in [1.82, 2.24) is 9.47 Å². The van der Waals surface area contributed by atoms with Crippen molar-refractivity contribution in [3.05, 3.63) is 64.3 Å². The van der Waals surface area contributed by atoms with E-state index in [4.69, 9.17) is 16.3 Å². The van der Waals surface area contributed by atoms with Crippen LogP contribution < -0.4 is 4.74 Å². The van der Waals surface area contributed by atoms with Crippen molar-refractivity contribution >= 4 is 28.4 Å². The number of methoxy groups -OCH3 is 1. The monoisotopic (exact) mass is 506 g/mol. The summed E-state index contributed by atoms with van der Waals surface area (Å²) in [5.74, 6) is 1.72. The molecule has 1 atom stereocenters. The molecule has 0 bridgehead atoms. The summed E-state index contributed by atoms with van der Waals surface area (Å²) in [5, 5.41) is 1.75. The van der Waals surface area contributed by atoms with Gasteiger partial charge in [-0.1, -0.05) is 50.1 Å². The zero-order valence-corrected chi connectivity index (χ0v) is 22.5. The zero-order chi connectivity index (χ0) is 25.1. The SMILES string of the molecule is COc1ccc2c(c1)c(CCN1CCCCC1CC1CCCCC1)c(C)n2C(=O)c1ccc(Cl)cc1. The molecule has 192 valence electrons. The molecule has 5 rings (SSSR count). The summed E-state index contributed by atoms with van der Waals surface area (Å²) in [6.07, 6.45) is 13.4. The van der Waals surface area contributed by atoms with Gasteiger partial charge in [0, 0.05) is 34.3 Å². The van der Waals surface area contributed by atoms with Gasteiger partial charge in [0.05, 0.1) is 12.6 Å². The number of aromatic nitrogens is 1. The molecule has 1 aliphatic heterocycles. The molecule has 3 aromatic rings. The minimum Gasteiger partial charge on any atom is -0.497 e. The molecular formula is C31H39ClN2O2. The normalized spacial score (nSPS) is 19.6. The van der Waals surface area contributed by atoms with Gasteiger partial charge in [-0.25, -0.2) is 0 Å². The molecule has 2 aromatic carbocycles. The first-order valence-electron chi connectivity index (χ1n) is 13.8. The highest BCUT2D eigenvalue weighted by atomic mass is 35.5. The van der Waals surface area contributed by atoms with E-state index in [0.29, 0.717) is 16.6 Å². The predicted octanol–water partition coefficient (Wildman–Crippen LogP) is 7.67. The molecule has 1 aliphatic carbocycles. The average Bonchev–Trinajstić information content (AvgIpc) is 3.18. The Hall–Kier alpha value is -2.30. The van der Waals surface area contributed by atoms with E-state index in [1.54, 1.807) is 19.2 Å². The molecule has 1 saturated carbocycles. The van der Waals surface area contributed by atoms with Crippen LogP contribution >= 0.6 is 11.6 Å². The Balaban J connectivity index is 1.42. The van der Waals surface area contributed by atoms with E-state index >= 15 is 0 Å². The number of likely N-dealkylation sites (tertiary alicyclic amines) is 1. The lowest BCUT2D eigenvalue weighted by Crippen LogP contribution is -2.42. The fourth-order valence-corrected chi connectivity index (χ4v) is 6.70. The zero-order valence-electron chi connectivity index (χ0n) is 21.8.